The van der Waals surface area contributed by atoms with E-state index in [1.54, 1.807) is 19.0 Å². The summed E-state index contributed by atoms with van der Waals surface area (Å²) in [7, 11) is 3.52. The van der Waals surface area contributed by atoms with E-state index in [2.05, 4.69) is 21.7 Å². The van der Waals surface area contributed by atoms with Crippen LogP contribution in [0.1, 0.15) is 56.6 Å². The summed E-state index contributed by atoms with van der Waals surface area (Å²) in [6.45, 7) is 1.71. The molecular weight excluding hydrogens is 352 g/mol. The van der Waals surface area contributed by atoms with Crippen LogP contribution in [-0.2, 0) is 4.79 Å². The third-order valence-electron chi connectivity index (χ3n) is 5.70. The summed E-state index contributed by atoms with van der Waals surface area (Å²) in [6, 6.07) is 8.26. The maximum absolute atomic E-state index is 12.0. The minimum atomic E-state index is -0.000525. The number of para-hydroxylation sites is 1. The lowest BCUT2D eigenvalue weighted by Gasteiger charge is -2.28. The summed E-state index contributed by atoms with van der Waals surface area (Å²) >= 11 is 0. The number of hydrogen-bond acceptors (Lipinski definition) is 3. The third-order valence-corrected chi connectivity index (χ3v) is 5.70. The first-order chi connectivity index (χ1) is 13.6. The van der Waals surface area contributed by atoms with Gasteiger partial charge < -0.3 is 20.3 Å². The van der Waals surface area contributed by atoms with Crippen LogP contribution in [0, 0.1) is 5.92 Å². The lowest BCUT2D eigenvalue weighted by Crippen LogP contribution is -2.42. The van der Waals surface area contributed by atoms with Crippen molar-refractivity contribution in [2.75, 3.05) is 33.8 Å². The molecule has 1 saturated carbocycles. The summed E-state index contributed by atoms with van der Waals surface area (Å²) in [5.74, 6) is 2.53. The maximum atomic E-state index is 12.0. The average Bonchev–Trinajstić information content (AvgIpc) is 3.22. The number of nitrogens with one attached hydrogen (secondary N) is 2. The molecule has 1 atom stereocenters. The number of carbonyl (C=O) groups is 1. The van der Waals surface area contributed by atoms with Gasteiger partial charge in [0.15, 0.2) is 5.96 Å². The fourth-order valence-electron chi connectivity index (χ4n) is 3.99. The van der Waals surface area contributed by atoms with E-state index in [9.17, 15) is 4.79 Å². The highest BCUT2D eigenvalue weighted by Gasteiger charge is 2.22. The molecule has 0 radical (unpaired) electrons. The molecule has 1 heterocycles. The molecule has 2 aliphatic rings. The Morgan fingerprint density at radius 3 is 2.79 bits per heavy atom. The molecule has 6 heteroatoms. The Balaban J connectivity index is 1.59. The van der Waals surface area contributed by atoms with Crippen LogP contribution in [-0.4, -0.2) is 50.6 Å². The van der Waals surface area contributed by atoms with Crippen LogP contribution in [0.15, 0.2) is 29.3 Å². The molecule has 1 aliphatic carbocycles. The molecule has 2 N–H and O–H groups in total. The first-order valence-corrected chi connectivity index (χ1v) is 10.6. The molecule has 1 fully saturated rings. The van der Waals surface area contributed by atoms with Crippen molar-refractivity contribution < 1.29 is 9.53 Å². The summed E-state index contributed by atoms with van der Waals surface area (Å²) in [5, 5.41) is 6.97. The van der Waals surface area contributed by atoms with Crippen molar-refractivity contribution in [3.05, 3.63) is 29.8 Å². The highest BCUT2D eigenvalue weighted by Crippen LogP contribution is 2.31. The molecule has 1 aliphatic heterocycles. The lowest BCUT2D eigenvalue weighted by atomic mass is 10.0. The van der Waals surface area contributed by atoms with E-state index in [0.29, 0.717) is 12.6 Å². The Bertz CT molecular complexity index is 668. The number of fused-ring (bicyclic) bond motifs is 1. The predicted molar refractivity (Wildman–Crippen MR) is 113 cm³/mol. The number of rotatable bonds is 7. The van der Waals surface area contributed by atoms with Crippen molar-refractivity contribution in [3.8, 4) is 5.75 Å². The number of amides is 1. The second kappa shape index (κ2) is 10.3. The number of likely N-dealkylation sites (N-methyl/N-ethyl adjacent to an activating group) is 1. The molecule has 1 aromatic rings. The zero-order valence-electron chi connectivity index (χ0n) is 17.2. The molecule has 6 nitrogen and oxygen atoms in total. The minimum Gasteiger partial charge on any atom is -0.493 e. The Kier molecular flexibility index (Phi) is 7.57. The Labute approximate surface area is 168 Å². The molecule has 154 valence electrons. The van der Waals surface area contributed by atoms with Crippen molar-refractivity contribution in [2.45, 2.75) is 51.0 Å². The van der Waals surface area contributed by atoms with Crippen LogP contribution in [0.2, 0.25) is 0 Å². The van der Waals surface area contributed by atoms with Crippen LogP contribution in [0.5, 0.6) is 5.75 Å². The number of ether oxygens (including phenoxy) is 1. The zero-order chi connectivity index (χ0) is 19.8. The number of hydrogen-bond donors (Lipinski definition) is 2. The Morgan fingerprint density at radius 2 is 2.00 bits per heavy atom. The summed E-state index contributed by atoms with van der Waals surface area (Å²) in [5.41, 5.74) is 1.15. The Morgan fingerprint density at radius 1 is 1.21 bits per heavy atom. The van der Waals surface area contributed by atoms with Gasteiger partial charge in [0, 0.05) is 32.6 Å². The monoisotopic (exact) mass is 386 g/mol. The summed E-state index contributed by atoms with van der Waals surface area (Å²) in [6.07, 6.45) is 8.84. The highest BCUT2D eigenvalue weighted by atomic mass is 16.5. The molecule has 1 amide bonds. The van der Waals surface area contributed by atoms with Gasteiger partial charge in [-0.05, 0) is 24.8 Å². The first kappa shape index (κ1) is 20.5. The van der Waals surface area contributed by atoms with Crippen LogP contribution >= 0.6 is 0 Å². The highest BCUT2D eigenvalue weighted by molar-refractivity contribution is 5.85. The average molecular weight is 387 g/mol. The Hall–Kier alpha value is -2.24. The second-order valence-electron chi connectivity index (χ2n) is 8.04. The van der Waals surface area contributed by atoms with Gasteiger partial charge in [-0.2, -0.15) is 0 Å². The number of carbonyl (C=O) groups excluding carboxylic acids is 1. The van der Waals surface area contributed by atoms with E-state index in [1.165, 1.54) is 32.1 Å². The second-order valence-corrected chi connectivity index (χ2v) is 8.04. The smallest absolute Gasteiger partial charge is 0.243 e. The van der Waals surface area contributed by atoms with Crippen LogP contribution in [0.4, 0.5) is 0 Å². The van der Waals surface area contributed by atoms with Crippen molar-refractivity contribution in [2.24, 2.45) is 10.9 Å². The van der Waals surface area contributed by atoms with Crippen LogP contribution in [0.3, 0.4) is 0 Å². The van der Waals surface area contributed by atoms with Crippen LogP contribution in [0.25, 0.3) is 0 Å². The first-order valence-electron chi connectivity index (χ1n) is 10.6. The summed E-state index contributed by atoms with van der Waals surface area (Å²) < 4.78 is 5.76. The van der Waals surface area contributed by atoms with E-state index < -0.39 is 0 Å². The number of benzene rings is 1. The molecule has 1 aromatic carbocycles. The van der Waals surface area contributed by atoms with Crippen molar-refractivity contribution >= 4 is 11.9 Å². The molecule has 0 spiro atoms. The predicted octanol–water partition coefficient (Wildman–Crippen LogP) is 3.10. The molecule has 3 rings (SSSR count). The lowest BCUT2D eigenvalue weighted by molar-refractivity contribution is -0.127. The number of guanidine groups is 1. The molecule has 0 bridgehead atoms. The van der Waals surface area contributed by atoms with Gasteiger partial charge in [-0.1, -0.05) is 43.9 Å². The molecule has 0 saturated heterocycles. The largest absolute Gasteiger partial charge is 0.493 e. The van der Waals surface area contributed by atoms with Gasteiger partial charge in [0.25, 0.3) is 0 Å². The van der Waals surface area contributed by atoms with Gasteiger partial charge in [0.05, 0.1) is 12.6 Å². The van der Waals surface area contributed by atoms with Crippen LogP contribution < -0.4 is 15.4 Å². The zero-order valence-corrected chi connectivity index (χ0v) is 17.2. The van der Waals surface area contributed by atoms with Gasteiger partial charge >= 0.3 is 0 Å². The number of nitrogens with zero attached hydrogens (tertiary/aromatic N) is 2. The van der Waals surface area contributed by atoms with Gasteiger partial charge in [-0.25, -0.2) is 4.99 Å². The molecular formula is C22H34N4O2. The van der Waals surface area contributed by atoms with Gasteiger partial charge in [0.2, 0.25) is 5.91 Å². The number of aliphatic imine (C=N–C) groups is 1. The van der Waals surface area contributed by atoms with E-state index in [4.69, 9.17) is 4.74 Å². The van der Waals surface area contributed by atoms with E-state index >= 15 is 0 Å². The van der Waals surface area contributed by atoms with Gasteiger partial charge in [0.1, 0.15) is 12.3 Å². The van der Waals surface area contributed by atoms with Crippen molar-refractivity contribution in [1.29, 1.82) is 0 Å². The third kappa shape index (κ3) is 5.88. The van der Waals surface area contributed by atoms with E-state index in [0.717, 1.165) is 36.6 Å². The fourth-order valence-corrected chi connectivity index (χ4v) is 3.99. The quantitative estimate of drug-likeness (QED) is 0.429. The fraction of sp³-hybridized carbons (Fsp3) is 0.636. The topological polar surface area (TPSA) is 66.0 Å². The van der Waals surface area contributed by atoms with Gasteiger partial charge in [-0.15, -0.1) is 0 Å². The molecule has 28 heavy (non-hydrogen) atoms. The van der Waals surface area contributed by atoms with Crippen molar-refractivity contribution in [3.63, 3.8) is 0 Å². The van der Waals surface area contributed by atoms with E-state index in [-0.39, 0.29) is 18.5 Å². The van der Waals surface area contributed by atoms with Gasteiger partial charge in [-0.3, -0.25) is 4.79 Å². The molecule has 0 aromatic heterocycles. The SMILES string of the molecule is CN(C)C(=O)CN=C(NCCCC1CCCC1)NC1CCOc2ccccc21. The standard InChI is InChI=1S/C22H34N4O2/c1-26(2)21(27)16-24-22(23-14-7-10-17-8-3-4-9-17)25-19-13-15-28-20-12-6-5-11-18(19)20/h5-6,11-12,17,19H,3-4,7-10,13-16H2,1-2H3,(H2,23,24,25). The van der Waals surface area contributed by atoms with E-state index in [1.807, 2.05) is 18.2 Å². The molecule has 1 unspecified atom stereocenters. The minimum absolute atomic E-state index is 0.000525. The maximum Gasteiger partial charge on any atom is 0.243 e. The summed E-state index contributed by atoms with van der Waals surface area (Å²) in [4.78, 5) is 18.1. The van der Waals surface area contributed by atoms with Crippen molar-refractivity contribution in [1.82, 2.24) is 15.5 Å². The normalized spacial score (nSPS) is 19.6.